The molecule has 0 amide bonds. The number of hydrogen-bond donors (Lipinski definition) is 0. The minimum absolute atomic E-state index is 0.0777. The Morgan fingerprint density at radius 1 is 1.25 bits per heavy atom. The van der Waals surface area contributed by atoms with E-state index >= 15 is 0 Å². The molecule has 0 aliphatic heterocycles. The van der Waals surface area contributed by atoms with Crippen molar-refractivity contribution in [2.24, 2.45) is 0 Å². The summed E-state index contributed by atoms with van der Waals surface area (Å²) < 4.78 is 39.2. The molecule has 0 saturated heterocycles. The van der Waals surface area contributed by atoms with E-state index in [4.69, 9.17) is 0 Å². The molecule has 16 heavy (non-hydrogen) atoms. The predicted molar refractivity (Wildman–Crippen MR) is 59.1 cm³/mol. The van der Waals surface area contributed by atoms with Gasteiger partial charge >= 0.3 is 6.18 Å². The Kier molecular flexibility index (Phi) is 2.87. The molecule has 2 aromatic heterocycles. The van der Waals surface area contributed by atoms with E-state index in [2.05, 4.69) is 9.97 Å². The highest BCUT2D eigenvalue weighted by Crippen LogP contribution is 2.31. The molecule has 2 aromatic rings. The number of halogens is 4. The fraction of sp³-hybridized carbons (Fsp3) is 0.111. The van der Waals surface area contributed by atoms with E-state index in [1.165, 1.54) is 35.4 Å². The smallest absolute Gasteiger partial charge is 0.291 e. The molecule has 3 nitrogen and oxygen atoms in total. The van der Waals surface area contributed by atoms with Crippen LogP contribution >= 0.6 is 22.6 Å². The van der Waals surface area contributed by atoms with Crippen molar-refractivity contribution in [2.75, 3.05) is 0 Å². The quantitative estimate of drug-likeness (QED) is 0.748. The van der Waals surface area contributed by atoms with Crippen molar-refractivity contribution in [1.82, 2.24) is 14.5 Å². The summed E-state index contributed by atoms with van der Waals surface area (Å²) in [6.07, 6.45) is -0.0231. The Bertz CT molecular complexity index is 493. The van der Waals surface area contributed by atoms with Crippen molar-refractivity contribution in [3.63, 3.8) is 0 Å². The lowest BCUT2D eigenvalue weighted by Crippen LogP contribution is -2.12. The van der Waals surface area contributed by atoms with E-state index in [1.54, 1.807) is 22.6 Å². The number of imidazole rings is 1. The van der Waals surface area contributed by atoms with E-state index in [9.17, 15) is 13.2 Å². The van der Waals surface area contributed by atoms with Crippen molar-refractivity contribution < 1.29 is 13.2 Å². The molecule has 0 aliphatic rings. The minimum atomic E-state index is -4.44. The van der Waals surface area contributed by atoms with Crippen LogP contribution in [0.25, 0.3) is 5.82 Å². The zero-order valence-electron chi connectivity index (χ0n) is 7.74. The van der Waals surface area contributed by atoms with Crippen LogP contribution in [0.5, 0.6) is 0 Å². The fourth-order valence-corrected chi connectivity index (χ4v) is 1.78. The van der Waals surface area contributed by atoms with Gasteiger partial charge in [-0.05, 0) is 34.7 Å². The topological polar surface area (TPSA) is 30.7 Å². The summed E-state index contributed by atoms with van der Waals surface area (Å²) >= 11 is 1.61. The second-order valence-electron chi connectivity index (χ2n) is 2.97. The Morgan fingerprint density at radius 3 is 2.56 bits per heavy atom. The van der Waals surface area contributed by atoms with E-state index in [1.807, 2.05) is 0 Å². The Hall–Kier alpha value is -1.12. The summed E-state index contributed by atoms with van der Waals surface area (Å²) in [6.45, 7) is 0. The SMILES string of the molecule is FC(F)(F)c1nc(-n2ccnc2)ccc1I. The first-order chi connectivity index (χ1) is 7.48. The summed E-state index contributed by atoms with van der Waals surface area (Å²) in [4.78, 5) is 7.33. The normalized spacial score (nSPS) is 11.8. The largest absolute Gasteiger partial charge is 0.434 e. The van der Waals surface area contributed by atoms with Gasteiger partial charge in [0.1, 0.15) is 12.1 Å². The van der Waals surface area contributed by atoms with Crippen molar-refractivity contribution in [3.8, 4) is 5.82 Å². The van der Waals surface area contributed by atoms with Crippen LogP contribution in [0.2, 0.25) is 0 Å². The van der Waals surface area contributed by atoms with Crippen LogP contribution < -0.4 is 0 Å². The number of hydrogen-bond acceptors (Lipinski definition) is 2. The molecule has 7 heteroatoms. The van der Waals surface area contributed by atoms with Gasteiger partial charge in [0.15, 0.2) is 5.69 Å². The number of rotatable bonds is 1. The number of alkyl halides is 3. The average Bonchev–Trinajstić information content (AvgIpc) is 2.69. The Morgan fingerprint density at radius 2 is 2.00 bits per heavy atom. The molecule has 0 spiro atoms. The molecule has 0 fully saturated rings. The van der Waals surface area contributed by atoms with Gasteiger partial charge in [0.2, 0.25) is 0 Å². The molecule has 2 rings (SSSR count). The lowest BCUT2D eigenvalue weighted by Gasteiger charge is -2.10. The van der Waals surface area contributed by atoms with E-state index in [0.29, 0.717) is 0 Å². The zero-order valence-corrected chi connectivity index (χ0v) is 9.90. The first kappa shape index (κ1) is 11.4. The predicted octanol–water partition coefficient (Wildman–Crippen LogP) is 2.89. The van der Waals surface area contributed by atoms with Crippen LogP contribution in [0.3, 0.4) is 0 Å². The van der Waals surface area contributed by atoms with Crippen molar-refractivity contribution in [2.45, 2.75) is 6.18 Å². The van der Waals surface area contributed by atoms with Crippen molar-refractivity contribution >= 4 is 22.6 Å². The van der Waals surface area contributed by atoms with Crippen molar-refractivity contribution in [3.05, 3.63) is 40.1 Å². The van der Waals surface area contributed by atoms with Crippen LogP contribution in [0.1, 0.15) is 5.69 Å². The number of aromatic nitrogens is 3. The van der Waals surface area contributed by atoms with Crippen LogP contribution in [0.4, 0.5) is 13.2 Å². The molecule has 0 radical (unpaired) electrons. The lowest BCUT2D eigenvalue weighted by atomic mass is 10.3. The highest BCUT2D eigenvalue weighted by molar-refractivity contribution is 14.1. The summed E-state index contributed by atoms with van der Waals surface area (Å²) in [7, 11) is 0. The highest BCUT2D eigenvalue weighted by atomic mass is 127. The second kappa shape index (κ2) is 4.04. The van der Waals surface area contributed by atoms with Gasteiger partial charge < -0.3 is 0 Å². The first-order valence-electron chi connectivity index (χ1n) is 4.20. The van der Waals surface area contributed by atoms with Gasteiger partial charge in [0, 0.05) is 16.0 Å². The molecule has 0 atom stereocenters. The van der Waals surface area contributed by atoms with Crippen LogP contribution in [0.15, 0.2) is 30.9 Å². The molecule has 0 aliphatic carbocycles. The average molecular weight is 339 g/mol. The van der Waals surface area contributed by atoms with Gasteiger partial charge in [0.05, 0.1) is 0 Å². The monoisotopic (exact) mass is 339 g/mol. The maximum atomic E-state index is 12.6. The molecular formula is C9H5F3IN3. The van der Waals surface area contributed by atoms with Gasteiger partial charge in [-0.1, -0.05) is 0 Å². The molecule has 0 unspecified atom stereocenters. The molecule has 2 heterocycles. The van der Waals surface area contributed by atoms with Crippen LogP contribution in [0, 0.1) is 3.57 Å². The maximum Gasteiger partial charge on any atom is 0.434 e. The Labute approximate surface area is 102 Å². The second-order valence-corrected chi connectivity index (χ2v) is 4.13. The standard InChI is InChI=1S/C9H5F3IN3/c10-9(11,12)8-6(13)1-2-7(15-8)16-4-3-14-5-16/h1-5H. The third-order valence-electron chi connectivity index (χ3n) is 1.87. The van der Waals surface area contributed by atoms with E-state index in [-0.39, 0.29) is 9.39 Å². The third-order valence-corrected chi connectivity index (χ3v) is 2.74. The van der Waals surface area contributed by atoms with Crippen LogP contribution in [-0.4, -0.2) is 14.5 Å². The summed E-state index contributed by atoms with van der Waals surface area (Å²) in [5.74, 6) is 0.199. The lowest BCUT2D eigenvalue weighted by molar-refractivity contribution is -0.141. The number of pyridine rings is 1. The van der Waals surface area contributed by atoms with Gasteiger partial charge in [-0.25, -0.2) is 9.97 Å². The van der Waals surface area contributed by atoms with Crippen LogP contribution in [-0.2, 0) is 6.18 Å². The molecule has 0 aromatic carbocycles. The highest BCUT2D eigenvalue weighted by Gasteiger charge is 2.35. The molecular weight excluding hydrogens is 334 g/mol. The fourth-order valence-electron chi connectivity index (χ4n) is 1.17. The summed E-state index contributed by atoms with van der Waals surface area (Å²) in [5, 5.41) is 0. The minimum Gasteiger partial charge on any atom is -0.291 e. The summed E-state index contributed by atoms with van der Waals surface area (Å²) in [6, 6.07) is 2.89. The molecule has 0 saturated carbocycles. The van der Waals surface area contributed by atoms with E-state index in [0.717, 1.165) is 0 Å². The first-order valence-corrected chi connectivity index (χ1v) is 5.28. The van der Waals surface area contributed by atoms with Gasteiger partial charge in [-0.2, -0.15) is 13.2 Å². The third kappa shape index (κ3) is 2.18. The molecule has 84 valence electrons. The Balaban J connectivity index is 2.52. The van der Waals surface area contributed by atoms with Crippen molar-refractivity contribution in [1.29, 1.82) is 0 Å². The van der Waals surface area contributed by atoms with Gasteiger partial charge in [0.25, 0.3) is 0 Å². The number of nitrogens with zero attached hydrogens (tertiary/aromatic N) is 3. The maximum absolute atomic E-state index is 12.6. The zero-order chi connectivity index (χ0) is 11.8. The molecule has 0 bridgehead atoms. The molecule has 0 N–H and O–H groups in total. The van der Waals surface area contributed by atoms with Gasteiger partial charge in [-0.3, -0.25) is 4.57 Å². The van der Waals surface area contributed by atoms with Gasteiger partial charge in [-0.15, -0.1) is 0 Å². The summed E-state index contributed by atoms with van der Waals surface area (Å²) in [5.41, 5.74) is -0.876. The van der Waals surface area contributed by atoms with E-state index < -0.39 is 11.9 Å².